The van der Waals surface area contributed by atoms with Crippen LogP contribution in [0.3, 0.4) is 0 Å². The number of carbonyl (C=O) groups excluding carboxylic acids is 2. The number of nitrogens with one attached hydrogen (secondary N) is 2. The van der Waals surface area contributed by atoms with E-state index in [0.29, 0.717) is 29.2 Å². The highest BCUT2D eigenvalue weighted by Crippen LogP contribution is 2.32. The van der Waals surface area contributed by atoms with E-state index in [0.717, 1.165) is 24.1 Å². The molecule has 0 saturated carbocycles. The van der Waals surface area contributed by atoms with Gasteiger partial charge < -0.3 is 20.1 Å². The summed E-state index contributed by atoms with van der Waals surface area (Å²) in [6.07, 6.45) is 2.10. The van der Waals surface area contributed by atoms with Crippen molar-refractivity contribution in [1.82, 2.24) is 0 Å². The van der Waals surface area contributed by atoms with E-state index < -0.39 is 5.91 Å². The van der Waals surface area contributed by atoms with Crippen molar-refractivity contribution in [2.45, 2.75) is 19.3 Å². The fraction of sp³-hybridized carbons (Fsp3) is 0.200. The molecular formula is C20H16N2O4. The van der Waals surface area contributed by atoms with Gasteiger partial charge in [0.25, 0.3) is 0 Å². The Morgan fingerprint density at radius 2 is 1.96 bits per heavy atom. The molecule has 0 fully saturated rings. The van der Waals surface area contributed by atoms with Gasteiger partial charge in [0.05, 0.1) is 0 Å². The molecule has 4 rings (SSSR count). The lowest BCUT2D eigenvalue weighted by Crippen LogP contribution is -2.11. The van der Waals surface area contributed by atoms with Crippen LogP contribution in [0.4, 0.5) is 11.4 Å². The molecule has 2 aliphatic heterocycles. The normalized spacial score (nSPS) is 14.4. The molecule has 6 nitrogen and oxygen atoms in total. The monoisotopic (exact) mass is 348 g/mol. The van der Waals surface area contributed by atoms with Gasteiger partial charge in [-0.05, 0) is 54.8 Å². The molecule has 0 atom stereocenters. The topological polar surface area (TPSA) is 76.7 Å². The summed E-state index contributed by atoms with van der Waals surface area (Å²) in [5.74, 6) is 6.32. The standard InChI is InChI=1S/C20H16N2O4/c23-19-3-1-2-14-11-15(6-7-16(14)22-19)21-20(24)9-5-13-4-8-17-18(10-13)26-12-25-17/h4,6-8,10-11H,1-3,12H2,(H,21,24)(H,22,23). The average molecular weight is 348 g/mol. The Hall–Kier alpha value is -3.46. The second-order valence-corrected chi connectivity index (χ2v) is 6.05. The van der Waals surface area contributed by atoms with Gasteiger partial charge in [-0.25, -0.2) is 0 Å². The number of anilines is 2. The molecule has 0 spiro atoms. The minimum absolute atomic E-state index is 0.0233. The van der Waals surface area contributed by atoms with Crippen LogP contribution in [0.2, 0.25) is 0 Å². The van der Waals surface area contributed by atoms with E-state index in [1.807, 2.05) is 6.07 Å². The zero-order valence-electron chi connectivity index (χ0n) is 13.9. The molecule has 6 heteroatoms. The summed E-state index contributed by atoms with van der Waals surface area (Å²) in [6, 6.07) is 10.7. The number of benzene rings is 2. The number of rotatable bonds is 1. The van der Waals surface area contributed by atoms with Crippen molar-refractivity contribution >= 4 is 23.2 Å². The van der Waals surface area contributed by atoms with Crippen molar-refractivity contribution in [3.05, 3.63) is 47.5 Å². The van der Waals surface area contributed by atoms with E-state index >= 15 is 0 Å². The number of carbonyl (C=O) groups is 2. The summed E-state index contributed by atoms with van der Waals surface area (Å²) in [6.45, 7) is 0.200. The van der Waals surface area contributed by atoms with Gasteiger partial charge in [0, 0.05) is 29.3 Å². The van der Waals surface area contributed by atoms with Crippen molar-refractivity contribution in [2.75, 3.05) is 17.4 Å². The molecule has 2 aromatic carbocycles. The Morgan fingerprint density at radius 3 is 2.88 bits per heavy atom. The van der Waals surface area contributed by atoms with Crippen LogP contribution in [0.25, 0.3) is 0 Å². The number of amides is 2. The highest BCUT2D eigenvalue weighted by Gasteiger charge is 2.14. The highest BCUT2D eigenvalue weighted by molar-refractivity contribution is 6.04. The first-order chi connectivity index (χ1) is 12.7. The van der Waals surface area contributed by atoms with Crippen LogP contribution < -0.4 is 20.1 Å². The summed E-state index contributed by atoms with van der Waals surface area (Å²) in [5.41, 5.74) is 3.15. The molecule has 130 valence electrons. The quantitative estimate of drug-likeness (QED) is 0.777. The molecule has 2 amide bonds. The molecule has 2 aliphatic rings. The Labute approximate surface area is 150 Å². The predicted octanol–water partition coefficient (Wildman–Crippen LogP) is 2.68. The van der Waals surface area contributed by atoms with Crippen LogP contribution in [0.1, 0.15) is 24.0 Å². The first-order valence-electron chi connectivity index (χ1n) is 8.33. The molecule has 0 aromatic heterocycles. The van der Waals surface area contributed by atoms with Crippen LogP contribution >= 0.6 is 0 Å². The van der Waals surface area contributed by atoms with Crippen LogP contribution in [-0.2, 0) is 16.0 Å². The lowest BCUT2D eigenvalue weighted by Gasteiger charge is -2.09. The molecular weight excluding hydrogens is 332 g/mol. The molecule has 2 aromatic rings. The molecule has 0 unspecified atom stereocenters. The number of aryl methyl sites for hydroxylation is 1. The molecule has 0 aliphatic carbocycles. The lowest BCUT2D eigenvalue weighted by molar-refractivity contribution is -0.116. The third-order valence-electron chi connectivity index (χ3n) is 4.18. The van der Waals surface area contributed by atoms with Crippen LogP contribution in [0.5, 0.6) is 11.5 Å². The highest BCUT2D eigenvalue weighted by atomic mass is 16.7. The van der Waals surface area contributed by atoms with Crippen molar-refractivity contribution in [1.29, 1.82) is 0 Å². The second-order valence-electron chi connectivity index (χ2n) is 6.05. The fourth-order valence-electron chi connectivity index (χ4n) is 2.92. The number of fused-ring (bicyclic) bond motifs is 2. The maximum Gasteiger partial charge on any atom is 0.300 e. The zero-order chi connectivity index (χ0) is 17.9. The van der Waals surface area contributed by atoms with E-state index in [1.165, 1.54) is 0 Å². The summed E-state index contributed by atoms with van der Waals surface area (Å²) in [4.78, 5) is 23.7. The summed E-state index contributed by atoms with van der Waals surface area (Å²) >= 11 is 0. The van der Waals surface area contributed by atoms with E-state index in [1.54, 1.807) is 30.3 Å². The Morgan fingerprint density at radius 1 is 1.08 bits per heavy atom. The largest absolute Gasteiger partial charge is 0.454 e. The zero-order valence-corrected chi connectivity index (χ0v) is 13.9. The SMILES string of the molecule is O=C(C#Cc1ccc2c(c1)OCO2)Nc1ccc2c(c1)CCCC(=O)N2. The summed E-state index contributed by atoms with van der Waals surface area (Å²) in [5, 5.41) is 5.63. The number of ether oxygens (including phenoxy) is 2. The molecule has 2 heterocycles. The van der Waals surface area contributed by atoms with Gasteiger partial charge in [-0.1, -0.05) is 5.92 Å². The first-order valence-corrected chi connectivity index (χ1v) is 8.33. The van der Waals surface area contributed by atoms with E-state index in [-0.39, 0.29) is 12.7 Å². The average Bonchev–Trinajstić information content (AvgIpc) is 3.01. The van der Waals surface area contributed by atoms with E-state index in [2.05, 4.69) is 22.5 Å². The van der Waals surface area contributed by atoms with Crippen molar-refractivity contribution in [2.24, 2.45) is 0 Å². The predicted molar refractivity (Wildman–Crippen MR) is 96.1 cm³/mol. The van der Waals surface area contributed by atoms with Gasteiger partial charge in [0.15, 0.2) is 11.5 Å². The van der Waals surface area contributed by atoms with E-state index in [4.69, 9.17) is 9.47 Å². The minimum atomic E-state index is -0.403. The van der Waals surface area contributed by atoms with Crippen LogP contribution in [0, 0.1) is 11.8 Å². The van der Waals surface area contributed by atoms with Gasteiger partial charge in [-0.15, -0.1) is 0 Å². The van der Waals surface area contributed by atoms with E-state index in [9.17, 15) is 9.59 Å². The maximum atomic E-state index is 12.1. The molecule has 26 heavy (non-hydrogen) atoms. The Balaban J connectivity index is 1.46. The fourth-order valence-corrected chi connectivity index (χ4v) is 2.92. The smallest absolute Gasteiger partial charge is 0.300 e. The molecule has 0 radical (unpaired) electrons. The third kappa shape index (κ3) is 3.47. The van der Waals surface area contributed by atoms with Gasteiger partial charge in [0.1, 0.15) is 0 Å². The van der Waals surface area contributed by atoms with Crippen LogP contribution in [0.15, 0.2) is 36.4 Å². The third-order valence-corrected chi connectivity index (χ3v) is 4.18. The summed E-state index contributed by atoms with van der Waals surface area (Å²) in [7, 11) is 0. The van der Waals surface area contributed by atoms with Crippen molar-refractivity contribution in [3.8, 4) is 23.3 Å². The summed E-state index contributed by atoms with van der Waals surface area (Å²) < 4.78 is 10.5. The first kappa shape index (κ1) is 16.0. The van der Waals surface area contributed by atoms with Gasteiger partial charge in [0.2, 0.25) is 12.7 Å². The van der Waals surface area contributed by atoms with Crippen LogP contribution in [-0.4, -0.2) is 18.6 Å². The molecule has 0 saturated heterocycles. The number of hydrogen-bond acceptors (Lipinski definition) is 4. The Kier molecular flexibility index (Phi) is 4.20. The van der Waals surface area contributed by atoms with Gasteiger partial charge in [-0.3, -0.25) is 9.59 Å². The molecule has 0 bridgehead atoms. The second kappa shape index (κ2) is 6.81. The minimum Gasteiger partial charge on any atom is -0.454 e. The Bertz CT molecular complexity index is 956. The lowest BCUT2D eigenvalue weighted by atomic mass is 10.1. The van der Waals surface area contributed by atoms with Crippen molar-refractivity contribution < 1.29 is 19.1 Å². The molecule has 2 N–H and O–H groups in total. The maximum absolute atomic E-state index is 12.1. The van der Waals surface area contributed by atoms with Gasteiger partial charge >= 0.3 is 5.91 Å². The number of hydrogen-bond donors (Lipinski definition) is 2. The van der Waals surface area contributed by atoms with Gasteiger partial charge in [-0.2, -0.15) is 0 Å². The van der Waals surface area contributed by atoms with Crippen molar-refractivity contribution in [3.63, 3.8) is 0 Å².